The maximum atomic E-state index is 5.74. The summed E-state index contributed by atoms with van der Waals surface area (Å²) in [4.78, 5) is 0. The molecular weight excluding hydrogens is 226 g/mol. The molecule has 98 valence electrons. The second kappa shape index (κ2) is 8.43. The van der Waals surface area contributed by atoms with Crippen molar-refractivity contribution in [2.45, 2.75) is 26.3 Å². The van der Waals surface area contributed by atoms with Crippen molar-refractivity contribution in [2.75, 3.05) is 20.3 Å². The van der Waals surface area contributed by atoms with Crippen molar-refractivity contribution < 1.29 is 9.47 Å². The summed E-state index contributed by atoms with van der Waals surface area (Å²) < 4.78 is 11.0. The Labute approximate surface area is 109 Å². The number of ether oxygens (including phenoxy) is 2. The van der Waals surface area contributed by atoms with E-state index >= 15 is 0 Å². The van der Waals surface area contributed by atoms with E-state index in [0.717, 1.165) is 43.0 Å². The average molecular weight is 247 g/mol. The highest BCUT2D eigenvalue weighted by Crippen LogP contribution is 2.24. The van der Waals surface area contributed by atoms with Crippen LogP contribution in [-0.2, 0) is 6.54 Å². The van der Waals surface area contributed by atoms with Crippen LogP contribution < -0.4 is 14.8 Å². The summed E-state index contributed by atoms with van der Waals surface area (Å²) in [5.41, 5.74) is 1.11. The maximum Gasteiger partial charge on any atom is 0.124 e. The lowest BCUT2D eigenvalue weighted by molar-refractivity contribution is 0.308. The summed E-state index contributed by atoms with van der Waals surface area (Å²) in [6.07, 6.45) is 6.84. The number of benzene rings is 1. The van der Waals surface area contributed by atoms with Crippen molar-refractivity contribution in [3.8, 4) is 23.8 Å². The van der Waals surface area contributed by atoms with Gasteiger partial charge in [0.2, 0.25) is 0 Å². The molecule has 0 unspecified atom stereocenters. The molecule has 0 fully saturated rings. The highest BCUT2D eigenvalue weighted by atomic mass is 16.5. The van der Waals surface area contributed by atoms with Crippen molar-refractivity contribution >= 4 is 0 Å². The first-order valence-corrected chi connectivity index (χ1v) is 6.25. The first-order valence-electron chi connectivity index (χ1n) is 6.25. The second-order valence-electron chi connectivity index (χ2n) is 3.91. The largest absolute Gasteiger partial charge is 0.497 e. The van der Waals surface area contributed by atoms with Gasteiger partial charge in [-0.2, -0.15) is 0 Å². The van der Waals surface area contributed by atoms with Gasteiger partial charge in [0, 0.05) is 18.5 Å². The van der Waals surface area contributed by atoms with Gasteiger partial charge < -0.3 is 14.8 Å². The lowest BCUT2D eigenvalue weighted by Gasteiger charge is -2.13. The summed E-state index contributed by atoms with van der Waals surface area (Å²) in [7, 11) is 1.67. The number of hydrogen-bond acceptors (Lipinski definition) is 3. The minimum absolute atomic E-state index is 0.648. The molecule has 1 aromatic rings. The highest BCUT2D eigenvalue weighted by molar-refractivity contribution is 5.40. The van der Waals surface area contributed by atoms with Crippen LogP contribution in [0.1, 0.15) is 25.3 Å². The molecule has 0 amide bonds. The topological polar surface area (TPSA) is 30.5 Å². The van der Waals surface area contributed by atoms with E-state index in [9.17, 15) is 0 Å². The zero-order chi connectivity index (χ0) is 13.2. The molecule has 0 bridgehead atoms. The Balaban J connectivity index is 2.66. The molecule has 0 radical (unpaired) electrons. The zero-order valence-electron chi connectivity index (χ0n) is 11.2. The van der Waals surface area contributed by atoms with E-state index in [1.54, 1.807) is 7.11 Å². The maximum absolute atomic E-state index is 5.74. The molecule has 0 saturated heterocycles. The standard InChI is InChI=1S/C15H21NO2/c1-4-6-7-10-18-15-9-8-14(17-3)11-13(15)12-16-5-2/h1,8-9,11,16H,5-7,10,12H2,2-3H3. The fourth-order valence-corrected chi connectivity index (χ4v) is 1.58. The minimum Gasteiger partial charge on any atom is -0.497 e. The fraction of sp³-hybridized carbons (Fsp3) is 0.467. The Kier molecular flexibility index (Phi) is 6.75. The predicted octanol–water partition coefficient (Wildman–Crippen LogP) is 2.60. The Morgan fingerprint density at radius 3 is 2.89 bits per heavy atom. The third-order valence-corrected chi connectivity index (χ3v) is 2.56. The number of methoxy groups -OCH3 is 1. The van der Waals surface area contributed by atoms with E-state index in [4.69, 9.17) is 15.9 Å². The van der Waals surface area contributed by atoms with Gasteiger partial charge in [-0.3, -0.25) is 0 Å². The van der Waals surface area contributed by atoms with Crippen LogP contribution in [0.3, 0.4) is 0 Å². The Bertz CT molecular complexity index is 396. The van der Waals surface area contributed by atoms with Crippen LogP contribution in [0.25, 0.3) is 0 Å². The lowest BCUT2D eigenvalue weighted by atomic mass is 10.2. The number of nitrogens with one attached hydrogen (secondary N) is 1. The quantitative estimate of drug-likeness (QED) is 0.566. The fourth-order valence-electron chi connectivity index (χ4n) is 1.58. The Hall–Kier alpha value is -1.66. The van der Waals surface area contributed by atoms with Crippen LogP contribution in [0.4, 0.5) is 0 Å². The summed E-state index contributed by atoms with van der Waals surface area (Å²) in [5.74, 6) is 4.35. The van der Waals surface area contributed by atoms with Crippen molar-refractivity contribution in [1.29, 1.82) is 0 Å². The van der Waals surface area contributed by atoms with Crippen LogP contribution in [-0.4, -0.2) is 20.3 Å². The van der Waals surface area contributed by atoms with Crippen LogP contribution in [0.15, 0.2) is 18.2 Å². The lowest BCUT2D eigenvalue weighted by Crippen LogP contribution is -2.13. The van der Waals surface area contributed by atoms with Gasteiger partial charge in [0.1, 0.15) is 11.5 Å². The van der Waals surface area contributed by atoms with Gasteiger partial charge in [-0.25, -0.2) is 0 Å². The van der Waals surface area contributed by atoms with E-state index in [-0.39, 0.29) is 0 Å². The van der Waals surface area contributed by atoms with Crippen LogP contribution >= 0.6 is 0 Å². The van der Waals surface area contributed by atoms with E-state index in [0.29, 0.717) is 6.61 Å². The zero-order valence-corrected chi connectivity index (χ0v) is 11.2. The Morgan fingerprint density at radius 2 is 2.22 bits per heavy atom. The van der Waals surface area contributed by atoms with Gasteiger partial charge in [-0.1, -0.05) is 6.92 Å². The molecule has 3 heteroatoms. The molecule has 0 heterocycles. The second-order valence-corrected chi connectivity index (χ2v) is 3.91. The molecule has 0 aliphatic rings. The molecular formula is C15H21NO2. The number of rotatable bonds is 8. The molecule has 1 aromatic carbocycles. The Morgan fingerprint density at radius 1 is 1.39 bits per heavy atom. The van der Waals surface area contributed by atoms with E-state index in [2.05, 4.69) is 18.2 Å². The summed E-state index contributed by atoms with van der Waals surface area (Å²) >= 11 is 0. The van der Waals surface area contributed by atoms with Crippen molar-refractivity contribution in [2.24, 2.45) is 0 Å². The van der Waals surface area contributed by atoms with E-state index < -0.39 is 0 Å². The summed E-state index contributed by atoms with van der Waals surface area (Å²) in [6.45, 7) is 4.43. The average Bonchev–Trinajstić information content (AvgIpc) is 2.42. The predicted molar refractivity (Wildman–Crippen MR) is 73.9 cm³/mol. The molecule has 0 aliphatic carbocycles. The molecule has 3 nitrogen and oxygen atoms in total. The third-order valence-electron chi connectivity index (χ3n) is 2.56. The van der Waals surface area contributed by atoms with Crippen LogP contribution in [0.2, 0.25) is 0 Å². The molecule has 1 N–H and O–H groups in total. The molecule has 18 heavy (non-hydrogen) atoms. The van der Waals surface area contributed by atoms with Gasteiger partial charge >= 0.3 is 0 Å². The summed E-state index contributed by atoms with van der Waals surface area (Å²) in [6, 6.07) is 5.85. The smallest absolute Gasteiger partial charge is 0.124 e. The normalized spacial score (nSPS) is 9.83. The molecule has 0 aromatic heterocycles. The molecule has 0 aliphatic heterocycles. The van der Waals surface area contributed by atoms with Gasteiger partial charge in [-0.05, 0) is 31.2 Å². The number of terminal acetylenes is 1. The molecule has 0 atom stereocenters. The summed E-state index contributed by atoms with van der Waals surface area (Å²) in [5, 5.41) is 3.29. The van der Waals surface area contributed by atoms with E-state index in [1.165, 1.54) is 0 Å². The third kappa shape index (κ3) is 4.68. The van der Waals surface area contributed by atoms with E-state index in [1.807, 2.05) is 18.2 Å². The van der Waals surface area contributed by atoms with Gasteiger partial charge in [-0.15, -0.1) is 12.3 Å². The van der Waals surface area contributed by atoms with Crippen molar-refractivity contribution in [1.82, 2.24) is 5.32 Å². The van der Waals surface area contributed by atoms with Crippen LogP contribution in [0.5, 0.6) is 11.5 Å². The van der Waals surface area contributed by atoms with Crippen molar-refractivity contribution in [3.05, 3.63) is 23.8 Å². The van der Waals surface area contributed by atoms with Gasteiger partial charge in [0.25, 0.3) is 0 Å². The monoisotopic (exact) mass is 247 g/mol. The van der Waals surface area contributed by atoms with Crippen molar-refractivity contribution in [3.63, 3.8) is 0 Å². The minimum atomic E-state index is 0.648. The number of unbranched alkanes of at least 4 members (excludes halogenated alkanes) is 1. The van der Waals surface area contributed by atoms with Gasteiger partial charge in [0.15, 0.2) is 0 Å². The first kappa shape index (κ1) is 14.4. The highest BCUT2D eigenvalue weighted by Gasteiger charge is 2.05. The first-order chi connectivity index (χ1) is 8.81. The van der Waals surface area contributed by atoms with Crippen LogP contribution in [0, 0.1) is 12.3 Å². The molecule has 1 rings (SSSR count). The molecule has 0 saturated carbocycles. The molecule has 0 spiro atoms. The SMILES string of the molecule is C#CCCCOc1ccc(OC)cc1CNCC. The van der Waals surface area contributed by atoms with Gasteiger partial charge in [0.05, 0.1) is 13.7 Å². The number of hydrogen-bond donors (Lipinski definition) is 1.